The number of piperidine rings is 1. The molecule has 8 heteroatoms. The van der Waals surface area contributed by atoms with Gasteiger partial charge in [-0.15, -0.1) is 5.10 Å². The van der Waals surface area contributed by atoms with E-state index in [9.17, 15) is 4.79 Å². The van der Waals surface area contributed by atoms with E-state index in [2.05, 4.69) is 25.7 Å². The Kier molecular flexibility index (Phi) is 5.56. The van der Waals surface area contributed by atoms with E-state index in [0.717, 1.165) is 29.5 Å². The number of ether oxygens (including phenoxy) is 1. The molecule has 0 spiro atoms. The molecule has 0 saturated carbocycles. The van der Waals surface area contributed by atoms with Crippen LogP contribution >= 0.6 is 0 Å². The van der Waals surface area contributed by atoms with Gasteiger partial charge in [0, 0.05) is 18.7 Å². The monoisotopic (exact) mass is 422 g/mol. The number of fused-ring (bicyclic) bond motifs is 1. The van der Waals surface area contributed by atoms with E-state index in [1.165, 1.54) is 0 Å². The van der Waals surface area contributed by atoms with Gasteiger partial charge in [0.25, 0.3) is 0 Å². The number of rotatable bonds is 4. The summed E-state index contributed by atoms with van der Waals surface area (Å²) in [6.45, 7) is 9.82. The van der Waals surface area contributed by atoms with Gasteiger partial charge in [0.05, 0.1) is 29.1 Å². The Morgan fingerprint density at radius 3 is 2.45 bits per heavy atom. The highest BCUT2D eigenvalue weighted by molar-refractivity contribution is 5.99. The molecule has 0 bridgehead atoms. The second kappa shape index (κ2) is 8.17. The summed E-state index contributed by atoms with van der Waals surface area (Å²) in [7, 11) is 0. The SMILES string of the molecule is CCOC(=O)C1CCN(c2nc(-c3ccccc3)c3c(N)n(C(C)(C)C)nc3n2)CC1. The highest BCUT2D eigenvalue weighted by atomic mass is 16.5. The molecule has 1 aliphatic heterocycles. The Labute approximate surface area is 182 Å². The third-order valence-electron chi connectivity index (χ3n) is 5.64. The van der Waals surface area contributed by atoms with Crippen molar-refractivity contribution in [1.29, 1.82) is 0 Å². The molecule has 1 aliphatic rings. The summed E-state index contributed by atoms with van der Waals surface area (Å²) >= 11 is 0. The van der Waals surface area contributed by atoms with E-state index in [-0.39, 0.29) is 17.4 Å². The molecule has 2 N–H and O–H groups in total. The van der Waals surface area contributed by atoms with E-state index >= 15 is 0 Å². The summed E-state index contributed by atoms with van der Waals surface area (Å²) in [4.78, 5) is 23.9. The first kappa shape index (κ1) is 21.1. The van der Waals surface area contributed by atoms with Gasteiger partial charge >= 0.3 is 5.97 Å². The third-order valence-corrected chi connectivity index (χ3v) is 5.64. The average molecular weight is 423 g/mol. The van der Waals surface area contributed by atoms with E-state index < -0.39 is 0 Å². The van der Waals surface area contributed by atoms with Gasteiger partial charge in [-0.2, -0.15) is 4.98 Å². The molecule has 0 amide bonds. The van der Waals surface area contributed by atoms with E-state index in [4.69, 9.17) is 25.5 Å². The molecule has 1 saturated heterocycles. The second-order valence-electron chi connectivity index (χ2n) is 8.92. The maximum absolute atomic E-state index is 12.1. The minimum atomic E-state index is -0.281. The first-order valence-electron chi connectivity index (χ1n) is 10.8. The average Bonchev–Trinajstić information content (AvgIpc) is 3.11. The van der Waals surface area contributed by atoms with Crippen molar-refractivity contribution in [3.8, 4) is 11.3 Å². The van der Waals surface area contributed by atoms with Gasteiger partial charge in [0.15, 0.2) is 5.65 Å². The zero-order chi connectivity index (χ0) is 22.2. The highest BCUT2D eigenvalue weighted by Gasteiger charge is 2.29. The molecular formula is C23H30N6O2. The van der Waals surface area contributed by atoms with Crippen molar-refractivity contribution in [1.82, 2.24) is 19.7 Å². The van der Waals surface area contributed by atoms with Crippen LogP contribution in [-0.4, -0.2) is 45.4 Å². The standard InChI is InChI=1S/C23H30N6O2/c1-5-31-21(30)16-11-13-28(14-12-16)22-25-18(15-9-7-6-8-10-15)17-19(24)29(23(2,3)4)27-20(17)26-22/h6-10,16H,5,11-14,24H2,1-4H3. The summed E-state index contributed by atoms with van der Waals surface area (Å²) in [5, 5.41) is 5.50. The van der Waals surface area contributed by atoms with E-state index in [1.807, 2.05) is 41.9 Å². The molecule has 1 fully saturated rings. The molecule has 164 valence electrons. The van der Waals surface area contributed by atoms with Gasteiger partial charge in [0.2, 0.25) is 5.95 Å². The Morgan fingerprint density at radius 1 is 1.16 bits per heavy atom. The number of benzene rings is 1. The number of aromatic nitrogens is 4. The minimum absolute atomic E-state index is 0.0655. The van der Waals surface area contributed by atoms with Crippen molar-refractivity contribution in [3.63, 3.8) is 0 Å². The molecule has 3 heterocycles. The normalized spacial score (nSPS) is 15.4. The smallest absolute Gasteiger partial charge is 0.309 e. The van der Waals surface area contributed by atoms with Gasteiger partial charge in [0.1, 0.15) is 5.82 Å². The third kappa shape index (κ3) is 4.06. The van der Waals surface area contributed by atoms with Crippen molar-refractivity contribution >= 4 is 28.8 Å². The van der Waals surface area contributed by atoms with Crippen LogP contribution in [0.25, 0.3) is 22.3 Å². The lowest BCUT2D eigenvalue weighted by Crippen LogP contribution is -2.38. The summed E-state index contributed by atoms with van der Waals surface area (Å²) in [6.07, 6.45) is 1.44. The number of esters is 1. The second-order valence-corrected chi connectivity index (χ2v) is 8.92. The maximum atomic E-state index is 12.1. The van der Waals surface area contributed by atoms with Crippen LogP contribution in [0.4, 0.5) is 11.8 Å². The van der Waals surface area contributed by atoms with Gasteiger partial charge < -0.3 is 15.4 Å². The summed E-state index contributed by atoms with van der Waals surface area (Å²) in [5.74, 6) is 1.01. The quantitative estimate of drug-likeness (QED) is 0.641. The van der Waals surface area contributed by atoms with Crippen LogP contribution < -0.4 is 10.6 Å². The van der Waals surface area contributed by atoms with Crippen molar-refractivity contribution in [2.45, 2.75) is 46.1 Å². The molecule has 8 nitrogen and oxygen atoms in total. The summed E-state index contributed by atoms with van der Waals surface area (Å²) in [5.41, 5.74) is 8.58. The number of carbonyl (C=O) groups is 1. The number of nitrogens with two attached hydrogens (primary N) is 1. The van der Waals surface area contributed by atoms with Crippen molar-refractivity contribution in [2.75, 3.05) is 30.3 Å². The fraction of sp³-hybridized carbons (Fsp3) is 0.478. The number of nitrogens with zero attached hydrogens (tertiary/aromatic N) is 5. The largest absolute Gasteiger partial charge is 0.466 e. The lowest BCUT2D eigenvalue weighted by atomic mass is 9.97. The Morgan fingerprint density at radius 2 is 1.84 bits per heavy atom. The van der Waals surface area contributed by atoms with Gasteiger partial charge in [-0.1, -0.05) is 30.3 Å². The summed E-state index contributed by atoms with van der Waals surface area (Å²) < 4.78 is 7.00. The Hall–Kier alpha value is -3.16. The molecule has 0 aliphatic carbocycles. The molecule has 3 aromatic rings. The maximum Gasteiger partial charge on any atom is 0.309 e. The first-order valence-corrected chi connectivity index (χ1v) is 10.8. The van der Waals surface area contributed by atoms with Crippen LogP contribution in [0.5, 0.6) is 0 Å². The zero-order valence-corrected chi connectivity index (χ0v) is 18.6. The zero-order valence-electron chi connectivity index (χ0n) is 18.6. The van der Waals surface area contributed by atoms with Crippen LogP contribution in [0.15, 0.2) is 30.3 Å². The van der Waals surface area contributed by atoms with Gasteiger partial charge in [-0.3, -0.25) is 4.79 Å². The van der Waals surface area contributed by atoms with Crippen LogP contribution in [0.2, 0.25) is 0 Å². The fourth-order valence-corrected chi connectivity index (χ4v) is 4.03. The fourth-order valence-electron chi connectivity index (χ4n) is 4.03. The topological polar surface area (TPSA) is 99.2 Å². The van der Waals surface area contributed by atoms with Crippen molar-refractivity contribution in [2.24, 2.45) is 5.92 Å². The molecule has 0 atom stereocenters. The molecular weight excluding hydrogens is 392 g/mol. The van der Waals surface area contributed by atoms with Gasteiger partial charge in [-0.05, 0) is 40.5 Å². The molecule has 0 unspecified atom stereocenters. The lowest BCUT2D eigenvalue weighted by molar-refractivity contribution is -0.148. The predicted molar refractivity (Wildman–Crippen MR) is 122 cm³/mol. The molecule has 2 aromatic heterocycles. The Bertz CT molecular complexity index is 1080. The number of anilines is 2. The number of nitrogen functional groups attached to an aromatic ring is 1. The first-order chi connectivity index (χ1) is 14.8. The molecule has 0 radical (unpaired) electrons. The van der Waals surface area contributed by atoms with Crippen LogP contribution in [0, 0.1) is 5.92 Å². The number of hydrogen-bond acceptors (Lipinski definition) is 7. The van der Waals surface area contributed by atoms with Crippen LogP contribution in [0.3, 0.4) is 0 Å². The van der Waals surface area contributed by atoms with E-state index in [0.29, 0.717) is 37.1 Å². The number of carbonyl (C=O) groups excluding carboxylic acids is 1. The van der Waals surface area contributed by atoms with Crippen LogP contribution in [0.1, 0.15) is 40.5 Å². The number of hydrogen-bond donors (Lipinski definition) is 1. The minimum Gasteiger partial charge on any atom is -0.466 e. The molecule has 4 rings (SSSR count). The van der Waals surface area contributed by atoms with Crippen LogP contribution in [-0.2, 0) is 15.1 Å². The summed E-state index contributed by atoms with van der Waals surface area (Å²) in [6, 6.07) is 9.99. The Balaban J connectivity index is 1.75. The lowest BCUT2D eigenvalue weighted by Gasteiger charge is -2.31. The van der Waals surface area contributed by atoms with Gasteiger partial charge in [-0.25, -0.2) is 9.67 Å². The molecule has 1 aromatic carbocycles. The van der Waals surface area contributed by atoms with Crippen molar-refractivity contribution in [3.05, 3.63) is 30.3 Å². The van der Waals surface area contributed by atoms with E-state index in [1.54, 1.807) is 0 Å². The molecule has 31 heavy (non-hydrogen) atoms. The van der Waals surface area contributed by atoms with Crippen molar-refractivity contribution < 1.29 is 9.53 Å². The highest BCUT2D eigenvalue weighted by Crippen LogP contribution is 2.35. The predicted octanol–water partition coefficient (Wildman–Crippen LogP) is 3.61.